The first-order valence-corrected chi connectivity index (χ1v) is 10.1. The second-order valence-electron chi connectivity index (χ2n) is 8.75. The Balaban J connectivity index is 2.20. The molecule has 0 radical (unpaired) electrons. The molecule has 5 heteroatoms. The first-order chi connectivity index (χ1) is 13.1. The zero-order chi connectivity index (χ0) is 20.9. The molecule has 2 rings (SSSR count). The zero-order valence-electron chi connectivity index (χ0n) is 17.9. The number of carbonyl (C=O) groups is 1. The van der Waals surface area contributed by atoms with E-state index in [2.05, 4.69) is 37.2 Å². The van der Waals surface area contributed by atoms with E-state index in [9.17, 15) is 9.90 Å². The highest BCUT2D eigenvalue weighted by atomic mass is 16.3. The van der Waals surface area contributed by atoms with Gasteiger partial charge in [0.1, 0.15) is 11.5 Å². The molecule has 2 unspecified atom stereocenters. The molecule has 0 fully saturated rings. The van der Waals surface area contributed by atoms with E-state index in [1.807, 2.05) is 31.2 Å². The van der Waals surface area contributed by atoms with Crippen molar-refractivity contribution in [3.05, 3.63) is 47.3 Å². The number of hydrogen-bond acceptors (Lipinski definition) is 5. The molecule has 0 aromatic heterocycles. The van der Waals surface area contributed by atoms with Crippen LogP contribution in [0.1, 0.15) is 53.4 Å². The van der Waals surface area contributed by atoms with Crippen LogP contribution in [-0.2, 0) is 4.79 Å². The summed E-state index contributed by atoms with van der Waals surface area (Å²) in [4.78, 5) is 16.1. The van der Waals surface area contributed by atoms with Crippen molar-refractivity contribution in [2.45, 2.75) is 65.0 Å². The molecule has 2 aliphatic rings. The minimum atomic E-state index is -0.703. The average molecular weight is 386 g/mol. The Morgan fingerprint density at radius 3 is 2.71 bits per heavy atom. The maximum atomic E-state index is 11.8. The molecule has 0 heterocycles. The number of ketones is 1. The Morgan fingerprint density at radius 1 is 1.39 bits per heavy atom. The van der Waals surface area contributed by atoms with Crippen molar-refractivity contribution in [1.29, 1.82) is 0 Å². The van der Waals surface area contributed by atoms with Gasteiger partial charge in [0, 0.05) is 26.4 Å². The maximum Gasteiger partial charge on any atom is 0.132 e. The molecule has 0 saturated carbocycles. The van der Waals surface area contributed by atoms with Crippen LogP contribution < -0.4 is 11.1 Å². The van der Waals surface area contributed by atoms with E-state index in [-0.39, 0.29) is 17.2 Å². The van der Waals surface area contributed by atoms with Crippen molar-refractivity contribution in [3.8, 4) is 0 Å². The van der Waals surface area contributed by atoms with Gasteiger partial charge >= 0.3 is 0 Å². The minimum absolute atomic E-state index is 0.186. The summed E-state index contributed by atoms with van der Waals surface area (Å²) in [5, 5.41) is 14.4. The second kappa shape index (κ2) is 9.01. The summed E-state index contributed by atoms with van der Waals surface area (Å²) in [6.07, 6.45) is 12.3. The number of nitrogens with zero attached hydrogens (tertiary/aromatic N) is 1. The van der Waals surface area contributed by atoms with Crippen LogP contribution >= 0.6 is 0 Å². The molecule has 0 aliphatic heterocycles. The number of aliphatic imine (C=N–C) groups is 1. The van der Waals surface area contributed by atoms with Gasteiger partial charge in [0.15, 0.2) is 0 Å². The standard InChI is InChI=1S/C23H35N3O2/c1-6-17(27)11-10-16-13-18(22(2,3)4)21(28)19(14-16)26-15-23(24)12-8-7-9-20(23)25-5/h7-9,12-13,19,26,28H,6,10-11,14-15,24H2,1-5H3. The predicted molar refractivity (Wildman–Crippen MR) is 117 cm³/mol. The lowest BCUT2D eigenvalue weighted by atomic mass is 9.78. The van der Waals surface area contributed by atoms with Crippen molar-refractivity contribution >= 4 is 11.5 Å². The van der Waals surface area contributed by atoms with Gasteiger partial charge in [-0.2, -0.15) is 0 Å². The van der Waals surface area contributed by atoms with Crippen molar-refractivity contribution in [3.63, 3.8) is 0 Å². The molecule has 28 heavy (non-hydrogen) atoms. The van der Waals surface area contributed by atoms with Crippen molar-refractivity contribution in [2.75, 3.05) is 13.6 Å². The van der Waals surface area contributed by atoms with Crippen LogP contribution in [-0.4, -0.2) is 41.8 Å². The van der Waals surface area contributed by atoms with Crippen LogP contribution in [0.25, 0.3) is 0 Å². The normalized spacial score (nSPS) is 26.7. The van der Waals surface area contributed by atoms with Crippen LogP contribution in [0.15, 0.2) is 52.3 Å². The minimum Gasteiger partial charge on any atom is -0.510 e. The number of allylic oxidation sites excluding steroid dienone is 4. The molecule has 2 atom stereocenters. The van der Waals surface area contributed by atoms with E-state index < -0.39 is 5.54 Å². The van der Waals surface area contributed by atoms with Gasteiger partial charge in [0.05, 0.1) is 17.3 Å². The van der Waals surface area contributed by atoms with E-state index in [1.165, 1.54) is 5.57 Å². The van der Waals surface area contributed by atoms with Gasteiger partial charge in [-0.05, 0) is 29.9 Å². The molecular formula is C23H35N3O2. The van der Waals surface area contributed by atoms with Gasteiger partial charge in [-0.15, -0.1) is 0 Å². The number of aliphatic hydroxyl groups is 1. The van der Waals surface area contributed by atoms with Crippen LogP contribution in [0.3, 0.4) is 0 Å². The third-order valence-corrected chi connectivity index (χ3v) is 5.47. The summed E-state index contributed by atoms with van der Waals surface area (Å²) in [7, 11) is 1.74. The smallest absolute Gasteiger partial charge is 0.132 e. The molecule has 0 bridgehead atoms. The molecule has 0 aromatic carbocycles. The summed E-state index contributed by atoms with van der Waals surface area (Å²) < 4.78 is 0. The van der Waals surface area contributed by atoms with Crippen LogP contribution in [0.5, 0.6) is 0 Å². The van der Waals surface area contributed by atoms with E-state index >= 15 is 0 Å². The number of nitrogens with one attached hydrogen (secondary N) is 1. The quantitative estimate of drug-likeness (QED) is 0.622. The predicted octanol–water partition coefficient (Wildman–Crippen LogP) is 3.79. The third-order valence-electron chi connectivity index (χ3n) is 5.47. The molecule has 0 saturated heterocycles. The maximum absolute atomic E-state index is 11.8. The summed E-state index contributed by atoms with van der Waals surface area (Å²) in [6.45, 7) is 8.63. The van der Waals surface area contributed by atoms with Gasteiger partial charge < -0.3 is 16.2 Å². The number of Topliss-reactive ketones (excluding diaryl/α,β-unsaturated/α-hetero) is 1. The second-order valence-corrected chi connectivity index (χ2v) is 8.75. The highest BCUT2D eigenvalue weighted by Crippen LogP contribution is 2.36. The fourth-order valence-electron chi connectivity index (χ4n) is 3.64. The molecule has 0 amide bonds. The highest BCUT2D eigenvalue weighted by molar-refractivity contribution is 6.05. The molecule has 0 aromatic rings. The van der Waals surface area contributed by atoms with E-state index in [1.54, 1.807) is 7.05 Å². The Kier molecular flexibility index (Phi) is 7.18. The summed E-state index contributed by atoms with van der Waals surface area (Å²) in [5.41, 5.74) is 8.59. The monoisotopic (exact) mass is 385 g/mol. The summed E-state index contributed by atoms with van der Waals surface area (Å²) in [6, 6.07) is -0.219. The molecular weight excluding hydrogens is 350 g/mol. The van der Waals surface area contributed by atoms with Crippen molar-refractivity contribution in [2.24, 2.45) is 16.1 Å². The third kappa shape index (κ3) is 5.30. The Morgan fingerprint density at radius 2 is 2.11 bits per heavy atom. The van der Waals surface area contributed by atoms with E-state index in [0.717, 1.165) is 17.7 Å². The Hall–Kier alpha value is -1.98. The van der Waals surface area contributed by atoms with Gasteiger partial charge in [-0.3, -0.25) is 9.79 Å². The topological polar surface area (TPSA) is 87.7 Å². The van der Waals surface area contributed by atoms with Gasteiger partial charge in [-0.1, -0.05) is 57.6 Å². The van der Waals surface area contributed by atoms with Crippen molar-refractivity contribution < 1.29 is 9.90 Å². The number of carbonyl (C=O) groups excluding carboxylic acids is 1. The summed E-state index contributed by atoms with van der Waals surface area (Å²) >= 11 is 0. The zero-order valence-corrected chi connectivity index (χ0v) is 17.9. The van der Waals surface area contributed by atoms with Crippen LogP contribution in [0.2, 0.25) is 0 Å². The molecule has 5 nitrogen and oxygen atoms in total. The van der Waals surface area contributed by atoms with Crippen LogP contribution in [0.4, 0.5) is 0 Å². The molecule has 154 valence electrons. The highest BCUT2D eigenvalue weighted by Gasteiger charge is 2.33. The SMILES string of the molecule is CCC(=O)CCC1=CC(C(C)(C)C)=C(O)C(NCC2(N)C=CC=CC2=NC)C1. The first-order valence-electron chi connectivity index (χ1n) is 10.1. The van der Waals surface area contributed by atoms with Gasteiger partial charge in [-0.25, -0.2) is 0 Å². The average Bonchev–Trinajstić information content (AvgIpc) is 2.65. The lowest BCUT2D eigenvalue weighted by molar-refractivity contribution is -0.118. The lowest BCUT2D eigenvalue weighted by Crippen LogP contribution is -2.56. The summed E-state index contributed by atoms with van der Waals surface area (Å²) in [5.74, 6) is 0.636. The Bertz CT molecular complexity index is 750. The number of rotatable bonds is 7. The fraction of sp³-hybridized carbons (Fsp3) is 0.565. The molecule has 2 aliphatic carbocycles. The fourth-order valence-corrected chi connectivity index (χ4v) is 3.64. The van der Waals surface area contributed by atoms with Gasteiger partial charge in [0.2, 0.25) is 0 Å². The van der Waals surface area contributed by atoms with E-state index in [0.29, 0.717) is 31.6 Å². The Labute approximate surface area is 169 Å². The van der Waals surface area contributed by atoms with Crippen molar-refractivity contribution in [1.82, 2.24) is 5.32 Å². The number of nitrogens with two attached hydrogens (primary N) is 1. The van der Waals surface area contributed by atoms with E-state index in [4.69, 9.17) is 5.73 Å². The van der Waals surface area contributed by atoms with Crippen LogP contribution in [0, 0.1) is 5.41 Å². The first kappa shape index (κ1) is 22.3. The number of aliphatic hydroxyl groups excluding tert-OH is 1. The molecule has 0 spiro atoms. The van der Waals surface area contributed by atoms with Gasteiger partial charge in [0.25, 0.3) is 0 Å². The largest absolute Gasteiger partial charge is 0.510 e. The molecule has 4 N–H and O–H groups in total. The lowest BCUT2D eigenvalue weighted by Gasteiger charge is -2.35. The number of hydrogen-bond donors (Lipinski definition) is 3.